The molecule has 0 bridgehead atoms. The van der Waals surface area contributed by atoms with E-state index in [1.165, 1.54) is 11.1 Å². The lowest BCUT2D eigenvalue weighted by Crippen LogP contribution is -2.19. The van der Waals surface area contributed by atoms with Crippen LogP contribution in [0.4, 0.5) is 0 Å². The van der Waals surface area contributed by atoms with Crippen molar-refractivity contribution in [2.24, 2.45) is 0 Å². The highest BCUT2D eigenvalue weighted by atomic mass is 15.6. The minimum Gasteiger partial charge on any atom is -0.253 e. The maximum Gasteiger partial charge on any atom is 0.223 e. The fourth-order valence-corrected chi connectivity index (χ4v) is 2.71. The molecule has 0 amide bonds. The summed E-state index contributed by atoms with van der Waals surface area (Å²) in [7, 11) is 0. The van der Waals surface area contributed by atoms with Gasteiger partial charge < -0.3 is 0 Å². The molecule has 1 aromatic carbocycles. The molecule has 5 nitrogen and oxygen atoms in total. The van der Waals surface area contributed by atoms with Crippen LogP contribution in [0.1, 0.15) is 52.7 Å². The van der Waals surface area contributed by atoms with Gasteiger partial charge in [-0.3, -0.25) is 4.98 Å². The summed E-state index contributed by atoms with van der Waals surface area (Å²) in [6.45, 7) is 13.2. The molecule has 2 heterocycles. The SMILES string of the molecule is CC(C)(C)c1ccc(C(C)(C)C)c(-n2nnc(-c3ccccn3)n2)c1. The largest absolute Gasteiger partial charge is 0.253 e. The summed E-state index contributed by atoms with van der Waals surface area (Å²) in [4.78, 5) is 5.93. The van der Waals surface area contributed by atoms with Crippen LogP contribution >= 0.6 is 0 Å². The van der Waals surface area contributed by atoms with Gasteiger partial charge in [0.1, 0.15) is 5.69 Å². The van der Waals surface area contributed by atoms with Crippen LogP contribution in [-0.2, 0) is 10.8 Å². The molecule has 0 N–H and O–H groups in total. The third-order valence-electron chi connectivity index (χ3n) is 4.19. The molecule has 25 heavy (non-hydrogen) atoms. The molecule has 0 saturated carbocycles. The summed E-state index contributed by atoms with van der Waals surface area (Å²) in [5.74, 6) is 0.529. The monoisotopic (exact) mass is 335 g/mol. The van der Waals surface area contributed by atoms with Crippen molar-refractivity contribution in [3.63, 3.8) is 0 Å². The lowest BCUT2D eigenvalue weighted by molar-refractivity contribution is 0.564. The number of tetrazole rings is 1. The predicted octanol–water partition coefficient (Wildman–Crippen LogP) is 4.32. The van der Waals surface area contributed by atoms with E-state index in [1.807, 2.05) is 18.2 Å². The molecule has 3 rings (SSSR count). The van der Waals surface area contributed by atoms with E-state index in [9.17, 15) is 0 Å². The lowest BCUT2D eigenvalue weighted by Gasteiger charge is -2.26. The Morgan fingerprint density at radius 2 is 1.64 bits per heavy atom. The van der Waals surface area contributed by atoms with Crippen LogP contribution < -0.4 is 0 Å². The Labute approximate surface area is 149 Å². The molecule has 3 aromatic rings. The fraction of sp³-hybridized carbons (Fsp3) is 0.400. The van der Waals surface area contributed by atoms with Crippen molar-refractivity contribution >= 4 is 0 Å². The smallest absolute Gasteiger partial charge is 0.223 e. The Morgan fingerprint density at radius 1 is 0.880 bits per heavy atom. The second-order valence-corrected chi connectivity index (χ2v) is 8.35. The van der Waals surface area contributed by atoms with Gasteiger partial charge >= 0.3 is 0 Å². The van der Waals surface area contributed by atoms with E-state index in [0.29, 0.717) is 5.82 Å². The van der Waals surface area contributed by atoms with Crippen molar-refractivity contribution in [3.8, 4) is 17.2 Å². The predicted molar refractivity (Wildman–Crippen MR) is 99.8 cm³/mol. The first kappa shape index (κ1) is 17.3. The van der Waals surface area contributed by atoms with E-state index in [2.05, 4.69) is 80.1 Å². The molecule has 0 aliphatic rings. The van der Waals surface area contributed by atoms with Gasteiger partial charge in [0.2, 0.25) is 5.82 Å². The van der Waals surface area contributed by atoms with Gasteiger partial charge in [-0.25, -0.2) is 0 Å². The number of benzene rings is 1. The van der Waals surface area contributed by atoms with Gasteiger partial charge in [0.15, 0.2) is 0 Å². The van der Waals surface area contributed by atoms with Gasteiger partial charge in [0.05, 0.1) is 5.69 Å². The van der Waals surface area contributed by atoms with Crippen molar-refractivity contribution in [1.82, 2.24) is 25.2 Å². The molecular weight excluding hydrogens is 310 g/mol. The minimum atomic E-state index is -0.0233. The van der Waals surface area contributed by atoms with Crippen molar-refractivity contribution in [2.45, 2.75) is 52.4 Å². The summed E-state index contributed by atoms with van der Waals surface area (Å²) in [5, 5.41) is 13.1. The number of hydrogen-bond acceptors (Lipinski definition) is 4. The molecule has 0 aliphatic carbocycles. The summed E-state index contributed by atoms with van der Waals surface area (Å²) in [6, 6.07) is 12.2. The van der Waals surface area contributed by atoms with Crippen molar-refractivity contribution in [3.05, 3.63) is 53.7 Å². The average molecular weight is 335 g/mol. The molecule has 0 unspecified atom stereocenters. The molecule has 0 radical (unpaired) electrons. The molecular formula is C20H25N5. The first-order chi connectivity index (χ1) is 11.7. The van der Waals surface area contributed by atoms with E-state index >= 15 is 0 Å². The highest BCUT2D eigenvalue weighted by Gasteiger charge is 2.24. The molecule has 5 heteroatoms. The average Bonchev–Trinajstić information content (AvgIpc) is 3.03. The third kappa shape index (κ3) is 3.60. The Kier molecular flexibility index (Phi) is 4.19. The molecule has 0 spiro atoms. The molecule has 130 valence electrons. The van der Waals surface area contributed by atoms with E-state index in [-0.39, 0.29) is 10.8 Å². The topological polar surface area (TPSA) is 56.5 Å². The number of rotatable bonds is 2. The first-order valence-corrected chi connectivity index (χ1v) is 8.53. The van der Waals surface area contributed by atoms with Crippen LogP contribution in [-0.4, -0.2) is 25.2 Å². The zero-order chi connectivity index (χ0) is 18.2. The summed E-state index contributed by atoms with van der Waals surface area (Å²) in [5.41, 5.74) is 4.14. The van der Waals surface area contributed by atoms with E-state index in [1.54, 1.807) is 11.0 Å². The Bertz CT molecular complexity index is 867. The Balaban J connectivity index is 2.14. The Hall–Kier alpha value is -2.56. The quantitative estimate of drug-likeness (QED) is 0.700. The van der Waals surface area contributed by atoms with Crippen LogP contribution in [0.5, 0.6) is 0 Å². The molecule has 0 fully saturated rings. The Morgan fingerprint density at radius 3 is 2.24 bits per heavy atom. The van der Waals surface area contributed by atoms with Crippen molar-refractivity contribution in [1.29, 1.82) is 0 Å². The van der Waals surface area contributed by atoms with Crippen LogP contribution in [0.15, 0.2) is 42.6 Å². The normalized spacial score (nSPS) is 12.4. The van der Waals surface area contributed by atoms with E-state index in [4.69, 9.17) is 0 Å². The number of pyridine rings is 1. The van der Waals surface area contributed by atoms with Crippen molar-refractivity contribution < 1.29 is 0 Å². The number of nitrogens with zero attached hydrogens (tertiary/aromatic N) is 5. The molecule has 2 aromatic heterocycles. The zero-order valence-corrected chi connectivity index (χ0v) is 15.8. The standard InChI is InChI=1S/C20H25N5/c1-19(2,3)14-10-11-15(20(4,5)6)17(13-14)25-23-18(22-24-25)16-9-7-8-12-21-16/h7-13H,1-6H3. The lowest BCUT2D eigenvalue weighted by atomic mass is 9.81. The maximum atomic E-state index is 4.58. The van der Waals surface area contributed by atoms with Gasteiger partial charge in [-0.15, -0.1) is 15.0 Å². The molecule has 0 saturated heterocycles. The minimum absolute atomic E-state index is 0.0233. The summed E-state index contributed by atoms with van der Waals surface area (Å²) in [6.07, 6.45) is 1.73. The zero-order valence-electron chi connectivity index (χ0n) is 15.8. The van der Waals surface area contributed by atoms with Crippen LogP contribution in [0.3, 0.4) is 0 Å². The second kappa shape index (κ2) is 6.06. The van der Waals surface area contributed by atoms with Gasteiger partial charge in [0, 0.05) is 6.20 Å². The van der Waals surface area contributed by atoms with Crippen LogP contribution in [0, 0.1) is 0 Å². The van der Waals surface area contributed by atoms with Crippen molar-refractivity contribution in [2.75, 3.05) is 0 Å². The van der Waals surface area contributed by atoms with Gasteiger partial charge in [-0.1, -0.05) is 59.7 Å². The highest BCUT2D eigenvalue weighted by Crippen LogP contribution is 2.32. The molecule has 0 aliphatic heterocycles. The van der Waals surface area contributed by atoms with Crippen LogP contribution in [0.25, 0.3) is 17.2 Å². The third-order valence-corrected chi connectivity index (χ3v) is 4.19. The second-order valence-electron chi connectivity index (χ2n) is 8.35. The highest BCUT2D eigenvalue weighted by molar-refractivity contribution is 5.50. The maximum absolute atomic E-state index is 4.58. The number of aromatic nitrogens is 5. The fourth-order valence-electron chi connectivity index (χ4n) is 2.71. The summed E-state index contributed by atoms with van der Waals surface area (Å²) >= 11 is 0. The van der Waals surface area contributed by atoms with Gasteiger partial charge in [-0.05, 0) is 45.4 Å². The summed E-state index contributed by atoms with van der Waals surface area (Å²) < 4.78 is 0. The van der Waals surface area contributed by atoms with E-state index < -0.39 is 0 Å². The number of hydrogen-bond donors (Lipinski definition) is 0. The van der Waals surface area contributed by atoms with Gasteiger partial charge in [0.25, 0.3) is 0 Å². The van der Waals surface area contributed by atoms with E-state index in [0.717, 1.165) is 11.4 Å². The van der Waals surface area contributed by atoms with Gasteiger partial charge in [-0.2, -0.15) is 0 Å². The first-order valence-electron chi connectivity index (χ1n) is 8.53. The molecule has 0 atom stereocenters. The van der Waals surface area contributed by atoms with Crippen LogP contribution in [0.2, 0.25) is 0 Å².